The number of anilines is 1. The summed E-state index contributed by atoms with van der Waals surface area (Å²) < 4.78 is 10.0. The Hall–Kier alpha value is -2.63. The Kier molecular flexibility index (Phi) is 4.37. The van der Waals surface area contributed by atoms with Gasteiger partial charge in [0.05, 0.1) is 5.69 Å². The van der Waals surface area contributed by atoms with E-state index in [0.29, 0.717) is 17.0 Å². The maximum absolute atomic E-state index is 12.0. The monoisotopic (exact) mass is 289 g/mol. The van der Waals surface area contributed by atoms with Crippen molar-refractivity contribution >= 4 is 23.3 Å². The average molecular weight is 289 g/mol. The number of rotatable bonds is 4. The maximum atomic E-state index is 12.0. The molecule has 0 saturated heterocycles. The number of allylic oxidation sites excluding steroid dienone is 1. The second kappa shape index (κ2) is 6.21. The van der Waals surface area contributed by atoms with Gasteiger partial charge in [-0.25, -0.2) is 4.79 Å². The fraction of sp³-hybridized carbons (Fsp3) is 0.267. The number of hydrogen-bond donors (Lipinski definition) is 1. The average Bonchev–Trinajstić information content (AvgIpc) is 2.43. The van der Waals surface area contributed by atoms with E-state index < -0.39 is 5.97 Å². The van der Waals surface area contributed by atoms with Gasteiger partial charge in [-0.05, 0) is 32.0 Å². The van der Waals surface area contributed by atoms with Gasteiger partial charge in [-0.1, -0.05) is 5.57 Å². The van der Waals surface area contributed by atoms with E-state index in [0.717, 1.165) is 5.57 Å². The van der Waals surface area contributed by atoms with Gasteiger partial charge in [0.1, 0.15) is 5.75 Å². The van der Waals surface area contributed by atoms with Crippen molar-refractivity contribution in [3.8, 4) is 5.75 Å². The molecule has 1 aromatic rings. The van der Waals surface area contributed by atoms with Crippen LogP contribution in [0.5, 0.6) is 5.75 Å². The lowest BCUT2D eigenvalue weighted by Gasteiger charge is -2.18. The number of ketones is 1. The highest BCUT2D eigenvalue weighted by molar-refractivity contribution is 6.02. The molecule has 1 aromatic carbocycles. The highest BCUT2D eigenvalue weighted by atomic mass is 16.5. The molecule has 0 radical (unpaired) electrons. The number of carbonyl (C=O) groups excluding carboxylic acids is 3. The van der Waals surface area contributed by atoms with Crippen molar-refractivity contribution in [2.24, 2.45) is 0 Å². The Bertz CT molecular complexity index is 629. The first-order valence-electron chi connectivity index (χ1n) is 6.37. The van der Waals surface area contributed by atoms with Crippen LogP contribution in [0.2, 0.25) is 0 Å². The Morgan fingerprint density at radius 3 is 2.86 bits per heavy atom. The zero-order chi connectivity index (χ0) is 15.4. The lowest BCUT2D eigenvalue weighted by molar-refractivity contribution is -0.136. The topological polar surface area (TPSA) is 81.7 Å². The minimum Gasteiger partial charge on any atom is -0.482 e. The summed E-state index contributed by atoms with van der Waals surface area (Å²) >= 11 is 0. The van der Waals surface area contributed by atoms with Gasteiger partial charge in [0.25, 0.3) is 5.91 Å². The largest absolute Gasteiger partial charge is 0.482 e. The zero-order valence-electron chi connectivity index (χ0n) is 11.8. The molecule has 0 bridgehead atoms. The van der Waals surface area contributed by atoms with Crippen LogP contribution in [-0.4, -0.2) is 30.9 Å². The van der Waals surface area contributed by atoms with E-state index in [9.17, 15) is 14.4 Å². The summed E-state index contributed by atoms with van der Waals surface area (Å²) in [6.07, 6.45) is 1.31. The maximum Gasteiger partial charge on any atom is 0.331 e. The van der Waals surface area contributed by atoms with Crippen LogP contribution in [0, 0.1) is 0 Å². The number of carbonyl (C=O) groups is 3. The molecule has 1 amide bonds. The highest BCUT2D eigenvalue weighted by Gasteiger charge is 2.18. The van der Waals surface area contributed by atoms with Crippen LogP contribution in [-0.2, 0) is 14.3 Å². The van der Waals surface area contributed by atoms with Crippen molar-refractivity contribution in [2.75, 3.05) is 18.5 Å². The summed E-state index contributed by atoms with van der Waals surface area (Å²) in [5, 5.41) is 2.61. The molecule has 6 heteroatoms. The summed E-state index contributed by atoms with van der Waals surface area (Å²) in [7, 11) is 0. The first-order chi connectivity index (χ1) is 9.95. The van der Waals surface area contributed by atoms with Gasteiger partial charge in [-0.2, -0.15) is 0 Å². The normalized spacial score (nSPS) is 12.6. The van der Waals surface area contributed by atoms with Gasteiger partial charge in [0.2, 0.25) is 0 Å². The minimum absolute atomic E-state index is 0.0411. The molecule has 0 aromatic heterocycles. The van der Waals surface area contributed by atoms with Gasteiger partial charge in [-0.3, -0.25) is 9.59 Å². The van der Waals surface area contributed by atoms with E-state index in [2.05, 4.69) is 5.32 Å². The number of amides is 1. The summed E-state index contributed by atoms with van der Waals surface area (Å²) in [6.45, 7) is 3.13. The van der Waals surface area contributed by atoms with Crippen molar-refractivity contribution < 1.29 is 23.9 Å². The van der Waals surface area contributed by atoms with Crippen molar-refractivity contribution in [2.45, 2.75) is 13.8 Å². The number of esters is 1. The number of Topliss-reactive ketones (excluding diaryl/α,β-unsaturated/α-hetero) is 1. The molecule has 6 nitrogen and oxygen atoms in total. The van der Waals surface area contributed by atoms with Crippen LogP contribution in [0.15, 0.2) is 29.8 Å². The Morgan fingerprint density at radius 1 is 1.38 bits per heavy atom. The molecule has 0 atom stereocenters. The van der Waals surface area contributed by atoms with Gasteiger partial charge in [-0.15, -0.1) is 0 Å². The molecule has 1 aliphatic heterocycles. The fourth-order valence-corrected chi connectivity index (χ4v) is 1.75. The number of hydrogen-bond acceptors (Lipinski definition) is 5. The Labute approximate surface area is 121 Å². The predicted molar refractivity (Wildman–Crippen MR) is 75.3 cm³/mol. The van der Waals surface area contributed by atoms with Crippen LogP contribution in [0.25, 0.3) is 0 Å². The third kappa shape index (κ3) is 3.92. The molecule has 1 N–H and O–H groups in total. The molecule has 0 unspecified atom stereocenters. The molecule has 0 saturated carbocycles. The molecule has 0 fully saturated rings. The lowest BCUT2D eigenvalue weighted by Crippen LogP contribution is -2.25. The third-order valence-electron chi connectivity index (χ3n) is 2.69. The Morgan fingerprint density at radius 2 is 2.14 bits per heavy atom. The van der Waals surface area contributed by atoms with Gasteiger partial charge >= 0.3 is 5.97 Å². The third-order valence-corrected chi connectivity index (χ3v) is 2.69. The molecule has 0 aliphatic carbocycles. The number of fused-ring (bicyclic) bond motifs is 1. The second-order valence-electron chi connectivity index (χ2n) is 4.80. The van der Waals surface area contributed by atoms with Gasteiger partial charge in [0, 0.05) is 11.6 Å². The van der Waals surface area contributed by atoms with E-state index in [-0.39, 0.29) is 24.9 Å². The lowest BCUT2D eigenvalue weighted by atomic mass is 10.1. The van der Waals surface area contributed by atoms with Crippen molar-refractivity contribution in [1.82, 2.24) is 0 Å². The molecule has 21 heavy (non-hydrogen) atoms. The van der Waals surface area contributed by atoms with Gasteiger partial charge < -0.3 is 14.8 Å². The van der Waals surface area contributed by atoms with Crippen LogP contribution in [0.3, 0.4) is 0 Å². The molecule has 1 aliphatic rings. The standard InChI is InChI=1S/C15H15NO5/c1-9(2)5-15(19)21-7-12(17)10-3-4-13-11(6-10)16-14(18)8-20-13/h3-6H,7-8H2,1-2H3,(H,16,18). The van der Waals surface area contributed by atoms with E-state index in [1.54, 1.807) is 26.0 Å². The van der Waals surface area contributed by atoms with Crippen LogP contribution < -0.4 is 10.1 Å². The van der Waals surface area contributed by atoms with Crippen LogP contribution >= 0.6 is 0 Å². The number of nitrogens with one attached hydrogen (secondary N) is 1. The van der Waals surface area contributed by atoms with E-state index >= 15 is 0 Å². The SMILES string of the molecule is CC(C)=CC(=O)OCC(=O)c1ccc2c(c1)NC(=O)CO2. The van der Waals surface area contributed by atoms with E-state index in [1.165, 1.54) is 12.1 Å². The quantitative estimate of drug-likeness (QED) is 0.518. The van der Waals surface area contributed by atoms with Crippen molar-refractivity contribution in [3.63, 3.8) is 0 Å². The molecular weight excluding hydrogens is 274 g/mol. The first kappa shape index (κ1) is 14.8. The Balaban J connectivity index is 2.03. The summed E-state index contributed by atoms with van der Waals surface area (Å²) in [6, 6.07) is 4.66. The number of benzene rings is 1. The number of ether oxygens (including phenoxy) is 2. The molecule has 2 rings (SSSR count). The minimum atomic E-state index is -0.557. The van der Waals surface area contributed by atoms with Crippen molar-refractivity contribution in [3.05, 3.63) is 35.4 Å². The van der Waals surface area contributed by atoms with Crippen molar-refractivity contribution in [1.29, 1.82) is 0 Å². The van der Waals surface area contributed by atoms with Crippen LogP contribution in [0.1, 0.15) is 24.2 Å². The molecular formula is C15H15NO5. The molecule has 1 heterocycles. The fourth-order valence-electron chi connectivity index (χ4n) is 1.75. The summed E-state index contributed by atoms with van der Waals surface area (Å²) in [4.78, 5) is 34.5. The first-order valence-corrected chi connectivity index (χ1v) is 6.37. The molecule has 110 valence electrons. The summed E-state index contributed by atoms with van der Waals surface area (Å²) in [5.41, 5.74) is 1.57. The smallest absolute Gasteiger partial charge is 0.331 e. The highest BCUT2D eigenvalue weighted by Crippen LogP contribution is 2.28. The summed E-state index contributed by atoms with van der Waals surface area (Å²) in [5.74, 6) is -0.680. The molecule has 0 spiro atoms. The zero-order valence-corrected chi connectivity index (χ0v) is 11.8. The second-order valence-corrected chi connectivity index (χ2v) is 4.80. The van der Waals surface area contributed by atoms with Crippen LogP contribution in [0.4, 0.5) is 5.69 Å². The van der Waals surface area contributed by atoms with Gasteiger partial charge in [0.15, 0.2) is 19.0 Å². The predicted octanol–water partition coefficient (Wildman–Crippen LogP) is 1.71. The van der Waals surface area contributed by atoms with E-state index in [4.69, 9.17) is 9.47 Å². The van der Waals surface area contributed by atoms with E-state index in [1.807, 2.05) is 0 Å².